The predicted molar refractivity (Wildman–Crippen MR) is 214 cm³/mol. The molecule has 51 heavy (non-hydrogen) atoms. The van der Waals surface area contributed by atoms with E-state index in [0.717, 1.165) is 17.1 Å². The van der Waals surface area contributed by atoms with Crippen LogP contribution in [-0.2, 0) is 5.41 Å². The van der Waals surface area contributed by atoms with Crippen LogP contribution in [0.3, 0.4) is 0 Å². The Morgan fingerprint density at radius 1 is 0.471 bits per heavy atom. The first-order valence-electron chi connectivity index (χ1n) is 17.6. The molecule has 0 N–H and O–H groups in total. The van der Waals surface area contributed by atoms with Gasteiger partial charge in [0.1, 0.15) is 0 Å². The lowest BCUT2D eigenvalue weighted by Gasteiger charge is -2.28. The molecule has 0 saturated carbocycles. The third-order valence-electron chi connectivity index (χ3n) is 10.9. The molecular weight excluding hydrogens is 619 g/mol. The first-order chi connectivity index (χ1) is 25.1. The number of nitrogens with zero attached hydrogens (tertiary/aromatic N) is 3. The van der Waals surface area contributed by atoms with Crippen LogP contribution in [-0.4, -0.2) is 9.55 Å². The van der Waals surface area contributed by atoms with Crippen LogP contribution >= 0.6 is 0 Å². The van der Waals surface area contributed by atoms with Crippen LogP contribution in [0.25, 0.3) is 60.5 Å². The van der Waals surface area contributed by atoms with E-state index in [4.69, 9.17) is 0 Å². The van der Waals surface area contributed by atoms with Gasteiger partial charge in [-0.3, -0.25) is 4.98 Å². The second-order valence-electron chi connectivity index (χ2n) is 14.1. The van der Waals surface area contributed by atoms with Crippen molar-refractivity contribution in [3.8, 4) is 27.9 Å². The quantitative estimate of drug-likeness (QED) is 0.184. The van der Waals surface area contributed by atoms with E-state index in [0.29, 0.717) is 0 Å². The monoisotopic (exact) mass is 653 g/mol. The highest BCUT2D eigenvalue weighted by Crippen LogP contribution is 2.50. The summed E-state index contributed by atoms with van der Waals surface area (Å²) in [4.78, 5) is 6.67. The lowest BCUT2D eigenvalue weighted by atomic mass is 9.82. The zero-order valence-electron chi connectivity index (χ0n) is 28.6. The van der Waals surface area contributed by atoms with Crippen molar-refractivity contribution in [2.75, 3.05) is 4.90 Å². The average Bonchev–Trinajstić information content (AvgIpc) is 3.63. The molecule has 3 heteroatoms. The maximum absolute atomic E-state index is 4.33. The largest absolute Gasteiger partial charge is 0.310 e. The molecule has 0 radical (unpaired) electrons. The molecule has 2 aromatic heterocycles. The van der Waals surface area contributed by atoms with Gasteiger partial charge < -0.3 is 9.47 Å². The number of pyridine rings is 1. The highest BCUT2D eigenvalue weighted by Gasteiger charge is 2.35. The fourth-order valence-corrected chi connectivity index (χ4v) is 8.39. The Bertz CT molecular complexity index is 2770. The Morgan fingerprint density at radius 3 is 1.98 bits per heavy atom. The summed E-state index contributed by atoms with van der Waals surface area (Å²) >= 11 is 0. The number of rotatable bonds is 5. The summed E-state index contributed by atoms with van der Waals surface area (Å²) in [5, 5.41) is 4.99. The molecule has 0 bridgehead atoms. The first-order valence-corrected chi connectivity index (χ1v) is 17.6. The van der Waals surface area contributed by atoms with Crippen LogP contribution in [0.5, 0.6) is 0 Å². The Labute approximate surface area is 297 Å². The Morgan fingerprint density at radius 2 is 1.12 bits per heavy atom. The first kappa shape index (κ1) is 29.5. The number of anilines is 3. The summed E-state index contributed by atoms with van der Waals surface area (Å²) in [5.41, 5.74) is 14.6. The van der Waals surface area contributed by atoms with Gasteiger partial charge in [0, 0.05) is 51.0 Å². The molecular formula is C48H35N3. The molecule has 0 fully saturated rings. The number of fused-ring (bicyclic) bond motifs is 7. The molecule has 10 rings (SSSR count). The van der Waals surface area contributed by atoms with Crippen molar-refractivity contribution < 1.29 is 0 Å². The van der Waals surface area contributed by atoms with E-state index >= 15 is 0 Å². The van der Waals surface area contributed by atoms with Crippen LogP contribution in [0, 0.1) is 0 Å². The van der Waals surface area contributed by atoms with Crippen LogP contribution in [0.2, 0.25) is 0 Å². The second-order valence-corrected chi connectivity index (χ2v) is 14.1. The molecule has 242 valence electrons. The molecule has 0 unspecified atom stereocenters. The summed E-state index contributed by atoms with van der Waals surface area (Å²) in [7, 11) is 0. The molecule has 2 heterocycles. The summed E-state index contributed by atoms with van der Waals surface area (Å²) in [6.07, 6.45) is 3.74. The molecule has 0 aliphatic heterocycles. The van der Waals surface area contributed by atoms with Crippen molar-refractivity contribution in [2.24, 2.45) is 0 Å². The minimum absolute atomic E-state index is 0.0783. The van der Waals surface area contributed by atoms with Crippen LogP contribution in [0.4, 0.5) is 17.1 Å². The summed E-state index contributed by atoms with van der Waals surface area (Å²) in [6, 6.07) is 59.8. The molecule has 0 spiro atoms. The van der Waals surface area contributed by atoms with Crippen LogP contribution in [0.1, 0.15) is 25.0 Å². The lowest BCUT2D eigenvalue weighted by Crippen LogP contribution is -2.16. The van der Waals surface area contributed by atoms with E-state index in [9.17, 15) is 0 Å². The summed E-state index contributed by atoms with van der Waals surface area (Å²) in [6.45, 7) is 4.67. The predicted octanol–water partition coefficient (Wildman–Crippen LogP) is 12.8. The van der Waals surface area contributed by atoms with E-state index in [1.54, 1.807) is 0 Å². The maximum Gasteiger partial charge on any atom is 0.0541 e. The van der Waals surface area contributed by atoms with Crippen molar-refractivity contribution in [3.05, 3.63) is 187 Å². The van der Waals surface area contributed by atoms with Gasteiger partial charge in [-0.25, -0.2) is 0 Å². The van der Waals surface area contributed by atoms with Crippen molar-refractivity contribution in [1.29, 1.82) is 0 Å². The third-order valence-corrected chi connectivity index (χ3v) is 10.9. The molecule has 1 aliphatic rings. The zero-order valence-corrected chi connectivity index (χ0v) is 28.6. The molecule has 9 aromatic rings. The number of aromatic nitrogens is 2. The van der Waals surface area contributed by atoms with E-state index in [1.807, 2.05) is 12.4 Å². The standard InChI is InChI=1S/C48H35N3/c1-48(2)43-15-7-5-13-39(43)40-24-23-37(31-44(40)48)50(36-26-28-49-29-27-36)35-21-18-32(19-22-35)34-20-25-47-42(30-34)41-14-6-8-16-46(41)51(47)45-17-9-11-33-10-3-4-12-38(33)45/h3-31H,1-2H3. The van der Waals surface area contributed by atoms with Crippen LogP contribution in [0.15, 0.2) is 176 Å². The number of benzene rings is 7. The van der Waals surface area contributed by atoms with Gasteiger partial charge in [0.05, 0.1) is 16.7 Å². The van der Waals surface area contributed by atoms with E-state index < -0.39 is 0 Å². The fourth-order valence-electron chi connectivity index (χ4n) is 8.39. The SMILES string of the molecule is CC1(C)c2ccccc2-c2ccc(N(c3ccncc3)c3ccc(-c4ccc5c(c4)c4ccccc4n5-c4cccc5ccccc45)cc3)cc21. The van der Waals surface area contributed by atoms with Gasteiger partial charge in [-0.2, -0.15) is 0 Å². The fraction of sp³-hybridized carbons (Fsp3) is 0.0625. The topological polar surface area (TPSA) is 21.1 Å². The van der Waals surface area contributed by atoms with Crippen molar-refractivity contribution >= 4 is 49.6 Å². The third kappa shape index (κ3) is 4.55. The minimum atomic E-state index is -0.0783. The zero-order chi connectivity index (χ0) is 34.1. The van der Waals surface area contributed by atoms with Gasteiger partial charge in [0.2, 0.25) is 0 Å². The van der Waals surface area contributed by atoms with Gasteiger partial charge in [-0.1, -0.05) is 117 Å². The number of para-hydroxylation sites is 1. The summed E-state index contributed by atoms with van der Waals surface area (Å²) < 4.78 is 2.42. The van der Waals surface area contributed by atoms with Gasteiger partial charge in [-0.15, -0.1) is 0 Å². The second kappa shape index (κ2) is 11.3. The molecule has 0 amide bonds. The van der Waals surface area contributed by atoms with Crippen LogP contribution < -0.4 is 4.90 Å². The maximum atomic E-state index is 4.33. The van der Waals surface area contributed by atoms with Gasteiger partial charge in [0.25, 0.3) is 0 Å². The van der Waals surface area contributed by atoms with E-state index in [-0.39, 0.29) is 5.41 Å². The minimum Gasteiger partial charge on any atom is -0.310 e. The Balaban J connectivity index is 1.07. The highest BCUT2D eigenvalue weighted by molar-refractivity contribution is 6.11. The Hall–Kier alpha value is -6.45. The summed E-state index contributed by atoms with van der Waals surface area (Å²) in [5.74, 6) is 0. The normalized spacial score (nSPS) is 13.1. The van der Waals surface area contributed by atoms with Crippen molar-refractivity contribution in [3.63, 3.8) is 0 Å². The molecule has 0 atom stereocenters. The average molecular weight is 654 g/mol. The van der Waals surface area contributed by atoms with Gasteiger partial charge in [-0.05, 0) is 99.4 Å². The smallest absolute Gasteiger partial charge is 0.0541 e. The van der Waals surface area contributed by atoms with Crippen molar-refractivity contribution in [2.45, 2.75) is 19.3 Å². The molecule has 0 saturated heterocycles. The molecule has 1 aliphatic carbocycles. The van der Waals surface area contributed by atoms with Crippen molar-refractivity contribution in [1.82, 2.24) is 9.55 Å². The van der Waals surface area contributed by atoms with E-state index in [1.165, 1.54) is 71.6 Å². The van der Waals surface area contributed by atoms with Gasteiger partial charge >= 0.3 is 0 Å². The highest BCUT2D eigenvalue weighted by atomic mass is 15.1. The lowest BCUT2D eigenvalue weighted by molar-refractivity contribution is 0.660. The number of hydrogen-bond acceptors (Lipinski definition) is 2. The molecule has 3 nitrogen and oxygen atoms in total. The number of hydrogen-bond donors (Lipinski definition) is 0. The molecule has 7 aromatic carbocycles. The Kier molecular flexibility index (Phi) is 6.53. The van der Waals surface area contributed by atoms with Gasteiger partial charge in [0.15, 0.2) is 0 Å². The van der Waals surface area contributed by atoms with E-state index in [2.05, 4.69) is 192 Å².